The second-order valence-corrected chi connectivity index (χ2v) is 4.55. The molecular weight excluding hydrogens is 252 g/mol. The van der Waals surface area contributed by atoms with E-state index in [2.05, 4.69) is 10.6 Å². The van der Waals surface area contributed by atoms with Crippen LogP contribution in [-0.2, 0) is 4.79 Å². The summed E-state index contributed by atoms with van der Waals surface area (Å²) in [5.74, 6) is -0.383. The van der Waals surface area contributed by atoms with Gasteiger partial charge in [-0.2, -0.15) is 0 Å². The van der Waals surface area contributed by atoms with Crippen molar-refractivity contribution < 1.29 is 9.59 Å². The van der Waals surface area contributed by atoms with E-state index in [0.29, 0.717) is 16.9 Å². The van der Waals surface area contributed by atoms with E-state index in [4.69, 9.17) is 0 Å². The first-order valence-corrected chi connectivity index (χ1v) is 6.31. The van der Waals surface area contributed by atoms with Crippen molar-refractivity contribution in [1.29, 1.82) is 0 Å². The van der Waals surface area contributed by atoms with Crippen molar-refractivity contribution in [3.8, 4) is 0 Å². The Balaban J connectivity index is 2.25. The smallest absolute Gasteiger partial charge is 0.255 e. The molecule has 0 unspecified atom stereocenters. The lowest BCUT2D eigenvalue weighted by molar-refractivity contribution is -0.114. The Kier molecular flexibility index (Phi) is 4.15. The average Bonchev–Trinajstić information content (AvgIpc) is 2.42. The quantitative estimate of drug-likeness (QED) is 0.898. The lowest BCUT2D eigenvalue weighted by Crippen LogP contribution is -2.15. The van der Waals surface area contributed by atoms with E-state index in [0.717, 1.165) is 5.56 Å². The minimum atomic E-state index is -0.207. The van der Waals surface area contributed by atoms with Gasteiger partial charge in [-0.1, -0.05) is 24.3 Å². The number of rotatable bonds is 3. The second kappa shape index (κ2) is 6.02. The van der Waals surface area contributed by atoms with Crippen molar-refractivity contribution in [3.63, 3.8) is 0 Å². The van der Waals surface area contributed by atoms with Crippen molar-refractivity contribution in [2.24, 2.45) is 0 Å². The number of benzene rings is 2. The van der Waals surface area contributed by atoms with Crippen LogP contribution in [-0.4, -0.2) is 11.8 Å². The summed E-state index contributed by atoms with van der Waals surface area (Å²) < 4.78 is 0. The Hall–Kier alpha value is -2.62. The molecule has 0 aliphatic heterocycles. The molecule has 0 aliphatic rings. The maximum absolute atomic E-state index is 12.1. The van der Waals surface area contributed by atoms with Crippen molar-refractivity contribution >= 4 is 23.2 Å². The van der Waals surface area contributed by atoms with Gasteiger partial charge in [-0.05, 0) is 36.8 Å². The van der Waals surface area contributed by atoms with Gasteiger partial charge >= 0.3 is 0 Å². The molecule has 0 spiro atoms. The first-order chi connectivity index (χ1) is 9.56. The van der Waals surface area contributed by atoms with E-state index in [1.54, 1.807) is 30.3 Å². The van der Waals surface area contributed by atoms with Gasteiger partial charge in [0.15, 0.2) is 0 Å². The van der Waals surface area contributed by atoms with Crippen LogP contribution in [0.2, 0.25) is 0 Å². The Morgan fingerprint density at radius 3 is 2.25 bits per heavy atom. The van der Waals surface area contributed by atoms with E-state index >= 15 is 0 Å². The normalized spacial score (nSPS) is 9.90. The van der Waals surface area contributed by atoms with Gasteiger partial charge in [0.1, 0.15) is 0 Å². The highest BCUT2D eigenvalue weighted by Gasteiger charge is 2.09. The largest absolute Gasteiger partial charge is 0.325 e. The molecule has 0 bridgehead atoms. The minimum absolute atomic E-state index is 0.175. The molecule has 2 N–H and O–H groups in total. The third-order valence-corrected chi connectivity index (χ3v) is 2.77. The van der Waals surface area contributed by atoms with Crippen molar-refractivity contribution in [3.05, 3.63) is 59.7 Å². The summed E-state index contributed by atoms with van der Waals surface area (Å²) in [5, 5.41) is 5.52. The van der Waals surface area contributed by atoms with Crippen LogP contribution >= 0.6 is 0 Å². The average molecular weight is 268 g/mol. The van der Waals surface area contributed by atoms with E-state index in [1.165, 1.54) is 6.92 Å². The monoisotopic (exact) mass is 268 g/mol. The molecule has 0 saturated carbocycles. The van der Waals surface area contributed by atoms with Gasteiger partial charge in [-0.25, -0.2) is 0 Å². The number of carbonyl (C=O) groups excluding carboxylic acids is 2. The van der Waals surface area contributed by atoms with Crippen molar-refractivity contribution in [2.75, 3.05) is 10.6 Å². The molecule has 20 heavy (non-hydrogen) atoms. The zero-order chi connectivity index (χ0) is 14.5. The van der Waals surface area contributed by atoms with Crippen LogP contribution in [0, 0.1) is 6.92 Å². The summed E-state index contributed by atoms with van der Waals surface area (Å²) in [6.45, 7) is 3.36. The van der Waals surface area contributed by atoms with Gasteiger partial charge in [-0.15, -0.1) is 0 Å². The summed E-state index contributed by atoms with van der Waals surface area (Å²) in [6, 6.07) is 14.4. The van der Waals surface area contributed by atoms with Gasteiger partial charge in [-0.3, -0.25) is 9.59 Å². The maximum Gasteiger partial charge on any atom is 0.255 e. The SMILES string of the molecule is CC(=O)Nc1cc(C)ccc1NC(=O)c1ccccc1. The van der Waals surface area contributed by atoms with Gasteiger partial charge < -0.3 is 10.6 Å². The van der Waals surface area contributed by atoms with Crippen molar-refractivity contribution in [1.82, 2.24) is 0 Å². The lowest BCUT2D eigenvalue weighted by Gasteiger charge is -2.12. The maximum atomic E-state index is 12.1. The fraction of sp³-hybridized carbons (Fsp3) is 0.125. The van der Waals surface area contributed by atoms with Crippen LogP contribution in [0.1, 0.15) is 22.8 Å². The number of hydrogen-bond acceptors (Lipinski definition) is 2. The molecule has 0 heterocycles. The first kappa shape index (κ1) is 13.8. The summed E-state index contributed by atoms with van der Waals surface area (Å²) in [7, 11) is 0. The molecule has 0 aliphatic carbocycles. The van der Waals surface area contributed by atoms with Crippen molar-refractivity contribution in [2.45, 2.75) is 13.8 Å². The van der Waals surface area contributed by atoms with E-state index in [1.807, 2.05) is 25.1 Å². The zero-order valence-electron chi connectivity index (χ0n) is 11.4. The molecular formula is C16H16N2O2. The number of nitrogens with one attached hydrogen (secondary N) is 2. The highest BCUT2D eigenvalue weighted by molar-refractivity contribution is 6.07. The highest BCUT2D eigenvalue weighted by atomic mass is 16.2. The Labute approximate surface area is 117 Å². The fourth-order valence-corrected chi connectivity index (χ4v) is 1.84. The molecule has 0 atom stereocenters. The van der Waals surface area contributed by atoms with Crippen LogP contribution in [0.5, 0.6) is 0 Å². The van der Waals surface area contributed by atoms with Crippen LogP contribution in [0.15, 0.2) is 48.5 Å². The molecule has 102 valence electrons. The molecule has 0 aromatic heterocycles. The molecule has 4 nitrogen and oxygen atoms in total. The number of carbonyl (C=O) groups is 2. The highest BCUT2D eigenvalue weighted by Crippen LogP contribution is 2.23. The van der Waals surface area contributed by atoms with Crippen LogP contribution in [0.4, 0.5) is 11.4 Å². The summed E-state index contributed by atoms with van der Waals surface area (Å²) >= 11 is 0. The number of anilines is 2. The Bertz CT molecular complexity index is 636. The third kappa shape index (κ3) is 3.45. The van der Waals surface area contributed by atoms with Gasteiger partial charge in [0, 0.05) is 12.5 Å². The molecule has 0 fully saturated rings. The lowest BCUT2D eigenvalue weighted by atomic mass is 10.1. The van der Waals surface area contributed by atoms with E-state index in [9.17, 15) is 9.59 Å². The van der Waals surface area contributed by atoms with Gasteiger partial charge in [0.2, 0.25) is 5.91 Å². The third-order valence-electron chi connectivity index (χ3n) is 2.77. The predicted octanol–water partition coefficient (Wildman–Crippen LogP) is 3.21. The first-order valence-electron chi connectivity index (χ1n) is 6.31. The molecule has 2 aromatic rings. The summed E-state index contributed by atoms with van der Waals surface area (Å²) in [6.07, 6.45) is 0. The number of amides is 2. The van der Waals surface area contributed by atoms with Gasteiger partial charge in [0.05, 0.1) is 11.4 Å². The molecule has 4 heteroatoms. The number of aryl methyl sites for hydroxylation is 1. The standard InChI is InChI=1S/C16H16N2O2/c1-11-8-9-14(15(10-11)17-12(2)19)18-16(20)13-6-4-3-5-7-13/h3-10H,1-2H3,(H,17,19)(H,18,20). The van der Waals surface area contributed by atoms with Crippen LogP contribution < -0.4 is 10.6 Å². The second-order valence-electron chi connectivity index (χ2n) is 4.55. The van der Waals surface area contributed by atoms with Crippen LogP contribution in [0.3, 0.4) is 0 Å². The number of hydrogen-bond donors (Lipinski definition) is 2. The van der Waals surface area contributed by atoms with Gasteiger partial charge in [0.25, 0.3) is 5.91 Å². The molecule has 2 amide bonds. The molecule has 2 aromatic carbocycles. The van der Waals surface area contributed by atoms with E-state index < -0.39 is 0 Å². The zero-order valence-corrected chi connectivity index (χ0v) is 11.4. The van der Waals surface area contributed by atoms with E-state index in [-0.39, 0.29) is 11.8 Å². The predicted molar refractivity (Wildman–Crippen MR) is 79.9 cm³/mol. The summed E-state index contributed by atoms with van der Waals surface area (Å²) in [5.41, 5.74) is 2.76. The fourth-order valence-electron chi connectivity index (χ4n) is 1.84. The molecule has 0 radical (unpaired) electrons. The van der Waals surface area contributed by atoms with Crippen LogP contribution in [0.25, 0.3) is 0 Å². The molecule has 0 saturated heterocycles. The molecule has 2 rings (SSSR count). The Morgan fingerprint density at radius 2 is 1.60 bits per heavy atom. The Morgan fingerprint density at radius 1 is 0.900 bits per heavy atom. The summed E-state index contributed by atoms with van der Waals surface area (Å²) in [4.78, 5) is 23.3. The topological polar surface area (TPSA) is 58.2 Å². The minimum Gasteiger partial charge on any atom is -0.325 e.